The van der Waals surface area contributed by atoms with E-state index in [4.69, 9.17) is 4.74 Å². The molecule has 9 heteroatoms. The van der Waals surface area contributed by atoms with Crippen molar-refractivity contribution >= 4 is 20.3 Å². The highest BCUT2D eigenvalue weighted by molar-refractivity contribution is 6.76. The second-order valence-corrected chi connectivity index (χ2v) is 13.2. The Labute approximate surface area is 137 Å². The first-order valence-electron chi connectivity index (χ1n) is 7.97. The monoisotopic (exact) mass is 345 g/mol. The number of aliphatic hydroxyl groups is 1. The number of ether oxygens (including phenoxy) is 1. The maximum Gasteiger partial charge on any atom is 0.407 e. The summed E-state index contributed by atoms with van der Waals surface area (Å²) in [6.07, 6.45) is -1.26. The smallest absolute Gasteiger partial charge is 0.407 e. The first-order chi connectivity index (χ1) is 10.7. The predicted molar refractivity (Wildman–Crippen MR) is 87.4 cm³/mol. The molecule has 4 N–H and O–H groups in total. The lowest BCUT2D eigenvalue weighted by atomic mass is 9.83. The number of amides is 2. The van der Waals surface area contributed by atoms with Gasteiger partial charge in [0.15, 0.2) is 0 Å². The van der Waals surface area contributed by atoms with Crippen LogP contribution in [0.25, 0.3) is 0 Å². The van der Waals surface area contributed by atoms with E-state index < -0.39 is 25.8 Å². The molecule has 2 heterocycles. The van der Waals surface area contributed by atoms with Gasteiger partial charge in [0.25, 0.3) is 0 Å². The highest BCUT2D eigenvalue weighted by Crippen LogP contribution is 2.35. The zero-order valence-electron chi connectivity index (χ0n) is 14.0. The molecule has 0 radical (unpaired) electrons. The summed E-state index contributed by atoms with van der Waals surface area (Å²) in [4.78, 5) is 24.8. The second kappa shape index (κ2) is 6.66. The number of hydrogen-bond donors (Lipinski definition) is 4. The number of carbonyl (C=O) groups is 2. The molecule has 23 heavy (non-hydrogen) atoms. The maximum atomic E-state index is 12.1. The molecule has 132 valence electrons. The Kier molecular flexibility index (Phi) is 5.22. The fourth-order valence-electron chi connectivity index (χ4n) is 3.23. The van der Waals surface area contributed by atoms with E-state index in [1.165, 1.54) is 4.90 Å². The van der Waals surface area contributed by atoms with Gasteiger partial charge in [0.2, 0.25) is 0 Å². The quantitative estimate of drug-likeness (QED) is 0.522. The van der Waals surface area contributed by atoms with Crippen molar-refractivity contribution in [2.75, 3.05) is 26.3 Å². The number of likely N-dealkylation sites (tertiary alicyclic amines) is 1. The maximum absolute atomic E-state index is 12.1. The molecule has 2 amide bonds. The van der Waals surface area contributed by atoms with Crippen LogP contribution in [0.5, 0.6) is 0 Å². The van der Waals surface area contributed by atoms with Crippen molar-refractivity contribution in [2.24, 2.45) is 0 Å². The molecule has 0 saturated carbocycles. The molecular weight excluding hydrogens is 318 g/mol. The van der Waals surface area contributed by atoms with Gasteiger partial charge >= 0.3 is 12.2 Å². The van der Waals surface area contributed by atoms with Crippen molar-refractivity contribution in [3.63, 3.8) is 0 Å². The Hall–Kier alpha value is -1.32. The van der Waals surface area contributed by atoms with Gasteiger partial charge in [-0.15, -0.1) is 0 Å². The Bertz CT molecular complexity index is 470. The lowest BCUT2D eigenvalue weighted by Gasteiger charge is -2.42. The van der Waals surface area contributed by atoms with E-state index >= 15 is 0 Å². The Morgan fingerprint density at radius 1 is 1.43 bits per heavy atom. The minimum Gasteiger partial charge on any atom is -0.465 e. The van der Waals surface area contributed by atoms with Gasteiger partial charge in [-0.25, -0.2) is 9.59 Å². The van der Waals surface area contributed by atoms with Crippen molar-refractivity contribution in [1.29, 1.82) is 0 Å². The molecule has 0 bridgehead atoms. The SMILES string of the molecule is C[Si](C)(C)CCOC(=O)NC1(CCO)CN(C(=O)O)C2CNC21. The fourth-order valence-corrected chi connectivity index (χ4v) is 3.94. The van der Waals surface area contributed by atoms with Gasteiger partial charge in [-0.2, -0.15) is 0 Å². The van der Waals surface area contributed by atoms with Crippen LogP contribution >= 0.6 is 0 Å². The third-order valence-electron chi connectivity index (χ3n) is 4.62. The molecule has 0 spiro atoms. The number of nitrogens with zero attached hydrogens (tertiary/aromatic N) is 1. The standard InChI is InChI=1S/C14H27N3O5Si/c1-23(2,3)7-6-22-12(19)16-14(4-5-18)9-17(13(20)21)10-8-15-11(10)14/h10-11,15,18H,4-9H2,1-3H3,(H,16,19)(H,20,21). The number of carbonyl (C=O) groups excluding carboxylic acids is 1. The second-order valence-electron chi connectivity index (χ2n) is 7.57. The highest BCUT2D eigenvalue weighted by atomic mass is 28.3. The minimum atomic E-state index is -1.28. The van der Waals surface area contributed by atoms with Crippen LogP contribution in [0.2, 0.25) is 25.7 Å². The lowest BCUT2D eigenvalue weighted by Crippen LogP contribution is -2.70. The Morgan fingerprint density at radius 2 is 2.13 bits per heavy atom. The van der Waals surface area contributed by atoms with Gasteiger partial charge in [0.05, 0.1) is 24.2 Å². The van der Waals surface area contributed by atoms with E-state index in [2.05, 4.69) is 30.3 Å². The summed E-state index contributed by atoms with van der Waals surface area (Å²) >= 11 is 0. The number of fused-ring (bicyclic) bond motifs is 1. The molecule has 0 aromatic heterocycles. The van der Waals surface area contributed by atoms with Gasteiger partial charge in [-0.05, 0) is 12.5 Å². The molecule has 2 saturated heterocycles. The molecule has 0 aromatic rings. The normalized spacial score (nSPS) is 29.7. The van der Waals surface area contributed by atoms with Crippen LogP contribution < -0.4 is 10.6 Å². The van der Waals surface area contributed by atoms with E-state index in [1.54, 1.807) is 0 Å². The molecule has 3 unspecified atom stereocenters. The van der Waals surface area contributed by atoms with Crippen molar-refractivity contribution in [2.45, 2.75) is 49.7 Å². The van der Waals surface area contributed by atoms with Crippen LogP contribution in [-0.2, 0) is 4.74 Å². The Balaban J connectivity index is 1.98. The van der Waals surface area contributed by atoms with Gasteiger partial charge in [0.1, 0.15) is 0 Å². The molecule has 8 nitrogen and oxygen atoms in total. The van der Waals surface area contributed by atoms with Crippen LogP contribution in [0.1, 0.15) is 6.42 Å². The zero-order chi connectivity index (χ0) is 17.3. The van der Waals surface area contributed by atoms with E-state index in [0.29, 0.717) is 13.2 Å². The molecule has 2 fully saturated rings. The van der Waals surface area contributed by atoms with Crippen molar-refractivity contribution < 1.29 is 24.5 Å². The summed E-state index contributed by atoms with van der Waals surface area (Å²) in [6.45, 7) is 7.56. The molecule has 2 aliphatic rings. The molecule has 2 aliphatic heterocycles. The average Bonchev–Trinajstić information content (AvgIpc) is 2.55. The van der Waals surface area contributed by atoms with Crippen molar-refractivity contribution in [3.8, 4) is 0 Å². The molecule has 0 aromatic carbocycles. The predicted octanol–water partition coefficient (Wildman–Crippen LogP) is 0.506. The van der Waals surface area contributed by atoms with Crippen LogP contribution in [0, 0.1) is 0 Å². The molecule has 2 rings (SSSR count). The van der Waals surface area contributed by atoms with Crippen LogP contribution in [0.4, 0.5) is 9.59 Å². The topological polar surface area (TPSA) is 111 Å². The van der Waals surface area contributed by atoms with Crippen LogP contribution in [0.3, 0.4) is 0 Å². The minimum absolute atomic E-state index is 0.131. The third kappa shape index (κ3) is 3.96. The number of aliphatic hydroxyl groups excluding tert-OH is 1. The summed E-state index contributed by atoms with van der Waals surface area (Å²) in [5.41, 5.74) is -0.813. The number of carboxylic acid groups (broad SMARTS) is 1. The average molecular weight is 345 g/mol. The largest absolute Gasteiger partial charge is 0.465 e. The number of rotatable bonds is 6. The van der Waals surface area contributed by atoms with Crippen LogP contribution in [-0.4, -0.2) is 79.3 Å². The van der Waals surface area contributed by atoms with E-state index in [0.717, 1.165) is 6.04 Å². The number of alkyl carbamates (subject to hydrolysis) is 1. The van der Waals surface area contributed by atoms with Crippen molar-refractivity contribution in [1.82, 2.24) is 15.5 Å². The number of hydrogen-bond acceptors (Lipinski definition) is 5. The summed E-state index contributed by atoms with van der Waals surface area (Å²) in [6, 6.07) is 0.524. The summed E-state index contributed by atoms with van der Waals surface area (Å²) < 4.78 is 5.26. The van der Waals surface area contributed by atoms with Crippen LogP contribution in [0.15, 0.2) is 0 Å². The van der Waals surface area contributed by atoms with Gasteiger partial charge in [-0.1, -0.05) is 19.6 Å². The summed E-state index contributed by atoms with van der Waals surface area (Å²) in [5, 5.41) is 24.7. The third-order valence-corrected chi connectivity index (χ3v) is 6.32. The first-order valence-corrected chi connectivity index (χ1v) is 11.7. The fraction of sp³-hybridized carbons (Fsp3) is 0.857. The van der Waals surface area contributed by atoms with E-state index in [-0.39, 0.29) is 31.7 Å². The summed E-state index contributed by atoms with van der Waals surface area (Å²) in [5.74, 6) is 0. The molecule has 0 aliphatic carbocycles. The van der Waals surface area contributed by atoms with Gasteiger partial charge < -0.3 is 30.5 Å². The molecular formula is C14H27N3O5Si. The summed E-state index contributed by atoms with van der Waals surface area (Å²) in [7, 11) is -1.28. The zero-order valence-corrected chi connectivity index (χ0v) is 15.0. The van der Waals surface area contributed by atoms with Crippen molar-refractivity contribution in [3.05, 3.63) is 0 Å². The lowest BCUT2D eigenvalue weighted by molar-refractivity contribution is 0.113. The molecule has 3 atom stereocenters. The van der Waals surface area contributed by atoms with Gasteiger partial charge in [0, 0.05) is 27.8 Å². The van der Waals surface area contributed by atoms with Gasteiger partial charge in [-0.3, -0.25) is 0 Å². The number of nitrogens with one attached hydrogen (secondary N) is 2. The van der Waals surface area contributed by atoms with E-state index in [1.807, 2.05) is 0 Å². The first kappa shape index (κ1) is 18.0. The highest BCUT2D eigenvalue weighted by Gasteiger charge is 2.59. The Morgan fingerprint density at radius 3 is 2.57 bits per heavy atom. The van der Waals surface area contributed by atoms with E-state index in [9.17, 15) is 19.8 Å².